The Morgan fingerprint density at radius 1 is 1.10 bits per heavy atom. The lowest BCUT2D eigenvalue weighted by Gasteiger charge is -2.32. The Morgan fingerprint density at radius 3 is 2.25 bits per heavy atom. The molecule has 2 heterocycles. The summed E-state index contributed by atoms with van der Waals surface area (Å²) in [6.07, 6.45) is 6.00. The Bertz CT molecular complexity index is 477. The molecule has 0 unspecified atom stereocenters. The topological polar surface area (TPSA) is 80.3 Å². The molecule has 4 amide bonds. The van der Waals surface area contributed by atoms with Crippen molar-refractivity contribution < 1.29 is 23.7 Å². The van der Waals surface area contributed by atoms with Gasteiger partial charge in [0.25, 0.3) is 5.91 Å². The van der Waals surface area contributed by atoms with Crippen molar-refractivity contribution in [3.05, 3.63) is 12.2 Å². The van der Waals surface area contributed by atoms with Crippen LogP contribution in [0.15, 0.2) is 12.2 Å². The molecule has 2 aliphatic rings. The van der Waals surface area contributed by atoms with Crippen LogP contribution in [0, 0.1) is 0 Å². The molecule has 0 radical (unpaired) electrons. The zero-order valence-corrected chi connectivity index (χ0v) is 11.6. The van der Waals surface area contributed by atoms with E-state index in [1.807, 2.05) is 0 Å². The third-order valence-corrected chi connectivity index (χ3v) is 4.00. The lowest BCUT2D eigenvalue weighted by Crippen LogP contribution is -2.62. The number of quaternary nitrogens is 1. The highest BCUT2D eigenvalue weighted by Gasteiger charge is 2.57. The lowest BCUT2D eigenvalue weighted by molar-refractivity contribution is -0.788. The van der Waals surface area contributed by atoms with E-state index >= 15 is 0 Å². The van der Waals surface area contributed by atoms with Crippen molar-refractivity contribution in [3.8, 4) is 0 Å². The summed E-state index contributed by atoms with van der Waals surface area (Å²) in [7, 11) is 0. The molecule has 1 saturated heterocycles. The molecule has 6 nitrogen and oxygen atoms in total. The molecule has 1 N–H and O–H groups in total. The van der Waals surface area contributed by atoms with E-state index < -0.39 is 22.3 Å². The largest absolute Gasteiger partial charge is 0.347 e. The van der Waals surface area contributed by atoms with Crippen molar-refractivity contribution in [2.45, 2.75) is 45.1 Å². The van der Waals surface area contributed by atoms with Crippen LogP contribution in [-0.4, -0.2) is 40.7 Å². The SMILES string of the molecule is CCCCCC[N+]1([C@H]2CC(=O)NC2=O)C(=O)C=CC1=O. The first-order valence-corrected chi connectivity index (χ1v) is 7.01. The average molecular weight is 279 g/mol. The molecule has 0 bridgehead atoms. The van der Waals surface area contributed by atoms with Gasteiger partial charge in [0.2, 0.25) is 5.91 Å². The predicted molar refractivity (Wildman–Crippen MR) is 70.0 cm³/mol. The van der Waals surface area contributed by atoms with Crippen molar-refractivity contribution in [2.75, 3.05) is 6.54 Å². The van der Waals surface area contributed by atoms with Gasteiger partial charge in [0, 0.05) is 0 Å². The monoisotopic (exact) mass is 279 g/mol. The molecule has 0 saturated carbocycles. The molecule has 6 heteroatoms. The van der Waals surface area contributed by atoms with E-state index in [-0.39, 0.29) is 24.8 Å². The second-order valence-electron chi connectivity index (χ2n) is 5.30. The fourth-order valence-electron chi connectivity index (χ4n) is 2.88. The van der Waals surface area contributed by atoms with E-state index in [4.69, 9.17) is 0 Å². The molecule has 20 heavy (non-hydrogen) atoms. The molecule has 1 atom stereocenters. The van der Waals surface area contributed by atoms with Gasteiger partial charge in [0.05, 0.1) is 25.1 Å². The number of hydrogen-bond acceptors (Lipinski definition) is 4. The van der Waals surface area contributed by atoms with E-state index in [1.54, 1.807) is 0 Å². The number of nitrogens with zero attached hydrogens (tertiary/aromatic N) is 1. The van der Waals surface area contributed by atoms with Crippen molar-refractivity contribution in [1.82, 2.24) is 5.32 Å². The van der Waals surface area contributed by atoms with E-state index in [9.17, 15) is 19.2 Å². The molecule has 2 aliphatic heterocycles. The van der Waals surface area contributed by atoms with Crippen LogP contribution in [-0.2, 0) is 19.2 Å². The number of rotatable bonds is 6. The first-order chi connectivity index (χ1) is 9.52. The molecule has 0 aromatic rings. The third kappa shape index (κ3) is 2.31. The van der Waals surface area contributed by atoms with E-state index in [1.165, 1.54) is 12.2 Å². The van der Waals surface area contributed by atoms with Gasteiger partial charge in [-0.25, -0.2) is 9.59 Å². The van der Waals surface area contributed by atoms with Gasteiger partial charge < -0.3 is 0 Å². The maximum atomic E-state index is 12.2. The van der Waals surface area contributed by atoms with Crippen molar-refractivity contribution in [2.24, 2.45) is 0 Å². The summed E-state index contributed by atoms with van der Waals surface area (Å²) < 4.78 is -0.540. The number of amides is 4. The zero-order chi connectivity index (χ0) is 14.8. The maximum absolute atomic E-state index is 12.2. The van der Waals surface area contributed by atoms with Crippen LogP contribution in [0.2, 0.25) is 0 Å². The van der Waals surface area contributed by atoms with Gasteiger partial charge in [0.1, 0.15) is 0 Å². The number of nitrogens with one attached hydrogen (secondary N) is 1. The van der Waals surface area contributed by atoms with Crippen LogP contribution in [0.5, 0.6) is 0 Å². The standard InChI is InChI=1S/C14H18N2O4/c1-2-3-4-5-8-16(12(18)6-7-13(16)19)10-9-11(17)15-14(10)20/h6-7,10H,2-5,8-9H2,1H3/p+1/t10-/m0/s1. The summed E-state index contributed by atoms with van der Waals surface area (Å²) in [6.45, 7) is 2.36. The first-order valence-electron chi connectivity index (χ1n) is 7.01. The summed E-state index contributed by atoms with van der Waals surface area (Å²) in [5, 5.41) is 2.19. The molecule has 0 aromatic heterocycles. The number of carbonyl (C=O) groups is 4. The van der Waals surface area contributed by atoms with Crippen molar-refractivity contribution >= 4 is 23.6 Å². The summed E-state index contributed by atoms with van der Waals surface area (Å²) in [5.41, 5.74) is 0. The number of carbonyl (C=O) groups excluding carboxylic acids is 4. The van der Waals surface area contributed by atoms with E-state index in [0.29, 0.717) is 6.42 Å². The van der Waals surface area contributed by atoms with Crippen LogP contribution in [0.25, 0.3) is 0 Å². The van der Waals surface area contributed by atoms with E-state index in [0.717, 1.165) is 19.3 Å². The van der Waals surface area contributed by atoms with Crippen molar-refractivity contribution in [1.29, 1.82) is 0 Å². The Hall–Kier alpha value is -1.82. The molecule has 2 rings (SSSR count). The van der Waals surface area contributed by atoms with Crippen LogP contribution < -0.4 is 5.32 Å². The summed E-state index contributed by atoms with van der Waals surface area (Å²) in [5.74, 6) is -1.71. The molecular weight excluding hydrogens is 260 g/mol. The summed E-state index contributed by atoms with van der Waals surface area (Å²) >= 11 is 0. The fourth-order valence-corrected chi connectivity index (χ4v) is 2.88. The first kappa shape index (κ1) is 14.6. The quantitative estimate of drug-likeness (QED) is 0.434. The molecule has 0 aromatic carbocycles. The highest BCUT2D eigenvalue weighted by Crippen LogP contribution is 2.28. The van der Waals surface area contributed by atoms with Crippen LogP contribution >= 0.6 is 0 Å². The van der Waals surface area contributed by atoms with E-state index in [2.05, 4.69) is 12.2 Å². The van der Waals surface area contributed by atoms with Gasteiger partial charge >= 0.3 is 11.8 Å². The zero-order valence-electron chi connectivity index (χ0n) is 11.6. The predicted octanol–water partition coefficient (Wildman–Crippen LogP) is 0.422. The maximum Gasteiger partial charge on any atom is 0.347 e. The lowest BCUT2D eigenvalue weighted by atomic mass is 10.1. The number of hydrogen-bond donors (Lipinski definition) is 1. The Balaban J connectivity index is 2.21. The van der Waals surface area contributed by atoms with Gasteiger partial charge in [-0.3, -0.25) is 14.9 Å². The Morgan fingerprint density at radius 2 is 1.75 bits per heavy atom. The molecule has 0 spiro atoms. The molecular formula is C14H19N2O4+. The van der Waals surface area contributed by atoms with Gasteiger partial charge in [-0.1, -0.05) is 19.8 Å². The minimum atomic E-state index is -0.904. The van der Waals surface area contributed by atoms with Crippen LogP contribution in [0.3, 0.4) is 0 Å². The average Bonchev–Trinajstić information content (AvgIpc) is 2.88. The van der Waals surface area contributed by atoms with Gasteiger partial charge in [-0.05, 0) is 12.8 Å². The fraction of sp³-hybridized carbons (Fsp3) is 0.571. The van der Waals surface area contributed by atoms with Gasteiger partial charge in [-0.2, -0.15) is 4.48 Å². The van der Waals surface area contributed by atoms with Crippen molar-refractivity contribution in [3.63, 3.8) is 0 Å². The molecule has 1 fully saturated rings. The smallest absolute Gasteiger partial charge is 0.291 e. The Labute approximate surface area is 117 Å². The van der Waals surface area contributed by atoms with Gasteiger partial charge in [-0.15, -0.1) is 0 Å². The summed E-state index contributed by atoms with van der Waals surface area (Å²) in [6, 6.07) is -0.904. The van der Waals surface area contributed by atoms with Crippen LogP contribution in [0.4, 0.5) is 0 Å². The molecule has 0 aliphatic carbocycles. The second kappa shape index (κ2) is 5.66. The number of imide groups is 2. The second-order valence-corrected chi connectivity index (χ2v) is 5.30. The summed E-state index contributed by atoms with van der Waals surface area (Å²) in [4.78, 5) is 47.6. The normalized spacial score (nSPS) is 24.6. The van der Waals surface area contributed by atoms with Gasteiger partial charge in [0.15, 0.2) is 6.04 Å². The third-order valence-electron chi connectivity index (χ3n) is 4.00. The molecule has 108 valence electrons. The minimum Gasteiger partial charge on any atom is -0.291 e. The number of unbranched alkanes of at least 4 members (excludes halogenated alkanes) is 3. The highest BCUT2D eigenvalue weighted by molar-refractivity contribution is 6.10. The minimum absolute atomic E-state index is 0.0915. The highest BCUT2D eigenvalue weighted by atomic mass is 16.2. The Kier molecular flexibility index (Phi) is 4.13. The van der Waals surface area contributed by atoms with Crippen LogP contribution in [0.1, 0.15) is 39.0 Å².